The van der Waals surface area contributed by atoms with Crippen LogP contribution in [0.4, 0.5) is 9.18 Å². The third-order valence-corrected chi connectivity index (χ3v) is 5.27. The van der Waals surface area contributed by atoms with Gasteiger partial charge >= 0.3 is 6.09 Å². The first-order chi connectivity index (χ1) is 12.5. The Labute approximate surface area is 155 Å². The minimum atomic E-state index is -0.951. The molecule has 4 nitrogen and oxygen atoms in total. The maximum absolute atomic E-state index is 14.3. The molecule has 1 amide bonds. The van der Waals surface area contributed by atoms with E-state index >= 15 is 0 Å². The summed E-state index contributed by atoms with van der Waals surface area (Å²) in [6.07, 6.45) is 2.78. The standard InChI is InChI=1S/C20H17ClFNO3/c1-11-18-12(8-9-23(11)20(24)25)2-3-13-4-7-17(26-19(13)18)15-6-5-14(21)10-16(15)22/h2-7,10-11,17H,8-9H2,1H3,(H,24,25). The fourth-order valence-electron chi connectivity index (χ4n) is 3.70. The van der Waals surface area contributed by atoms with Gasteiger partial charge in [-0.25, -0.2) is 9.18 Å². The molecule has 6 heteroatoms. The molecule has 134 valence electrons. The first-order valence-corrected chi connectivity index (χ1v) is 8.78. The lowest BCUT2D eigenvalue weighted by Crippen LogP contribution is -2.38. The lowest BCUT2D eigenvalue weighted by atomic mass is 9.89. The van der Waals surface area contributed by atoms with Gasteiger partial charge in [0.05, 0.1) is 6.04 Å². The number of nitrogens with zero attached hydrogens (tertiary/aromatic N) is 1. The second-order valence-electron chi connectivity index (χ2n) is 6.52. The van der Waals surface area contributed by atoms with Crippen molar-refractivity contribution in [2.24, 2.45) is 0 Å². The maximum Gasteiger partial charge on any atom is 0.407 e. The van der Waals surface area contributed by atoms with Crippen LogP contribution in [0.3, 0.4) is 0 Å². The van der Waals surface area contributed by atoms with Crippen molar-refractivity contribution in [1.29, 1.82) is 0 Å². The van der Waals surface area contributed by atoms with E-state index in [0.717, 1.165) is 16.7 Å². The van der Waals surface area contributed by atoms with E-state index in [4.69, 9.17) is 16.3 Å². The Morgan fingerprint density at radius 3 is 2.88 bits per heavy atom. The highest BCUT2D eigenvalue weighted by Gasteiger charge is 2.33. The van der Waals surface area contributed by atoms with Crippen LogP contribution < -0.4 is 4.74 Å². The van der Waals surface area contributed by atoms with Crippen LogP contribution in [0.2, 0.25) is 5.02 Å². The zero-order chi connectivity index (χ0) is 18.4. The number of halogens is 2. The molecule has 2 aliphatic rings. The zero-order valence-corrected chi connectivity index (χ0v) is 14.8. The average Bonchev–Trinajstić information content (AvgIpc) is 2.61. The van der Waals surface area contributed by atoms with Crippen LogP contribution in [0.5, 0.6) is 5.75 Å². The van der Waals surface area contributed by atoms with Crippen molar-refractivity contribution < 1.29 is 19.0 Å². The summed E-state index contributed by atoms with van der Waals surface area (Å²) in [4.78, 5) is 12.9. The van der Waals surface area contributed by atoms with Crippen molar-refractivity contribution in [2.75, 3.05) is 6.54 Å². The van der Waals surface area contributed by atoms with Crippen LogP contribution in [0.25, 0.3) is 6.08 Å². The third-order valence-electron chi connectivity index (χ3n) is 5.03. The number of benzene rings is 2. The van der Waals surface area contributed by atoms with Crippen molar-refractivity contribution in [2.45, 2.75) is 25.5 Å². The zero-order valence-electron chi connectivity index (χ0n) is 14.1. The quantitative estimate of drug-likeness (QED) is 0.745. The second-order valence-corrected chi connectivity index (χ2v) is 6.96. The molecule has 1 N–H and O–H groups in total. The van der Waals surface area contributed by atoms with E-state index in [1.807, 2.05) is 25.1 Å². The fraction of sp³-hybridized carbons (Fsp3) is 0.250. The Hall–Kier alpha value is -2.53. The lowest BCUT2D eigenvalue weighted by Gasteiger charge is -2.36. The normalized spacial score (nSPS) is 21.0. The van der Waals surface area contributed by atoms with Crippen LogP contribution in [0.1, 0.15) is 41.3 Å². The Morgan fingerprint density at radius 1 is 1.35 bits per heavy atom. The molecule has 2 atom stereocenters. The molecule has 2 unspecified atom stereocenters. The minimum Gasteiger partial charge on any atom is -0.480 e. The Morgan fingerprint density at radius 2 is 2.15 bits per heavy atom. The van der Waals surface area contributed by atoms with E-state index in [1.165, 1.54) is 11.0 Å². The molecule has 4 rings (SSSR count). The number of amides is 1. The lowest BCUT2D eigenvalue weighted by molar-refractivity contribution is 0.122. The van der Waals surface area contributed by atoms with Crippen molar-refractivity contribution >= 4 is 23.8 Å². The topological polar surface area (TPSA) is 49.8 Å². The van der Waals surface area contributed by atoms with E-state index < -0.39 is 18.0 Å². The van der Waals surface area contributed by atoms with Gasteiger partial charge in [-0.05, 0) is 37.1 Å². The van der Waals surface area contributed by atoms with Crippen molar-refractivity contribution in [3.63, 3.8) is 0 Å². The highest BCUT2D eigenvalue weighted by atomic mass is 35.5. The summed E-state index contributed by atoms with van der Waals surface area (Å²) in [5.74, 6) is 0.198. The number of fused-ring (bicyclic) bond motifs is 3. The molecule has 0 bridgehead atoms. The molecule has 2 aromatic carbocycles. The van der Waals surface area contributed by atoms with Crippen molar-refractivity contribution in [1.82, 2.24) is 4.90 Å². The van der Waals surface area contributed by atoms with Gasteiger partial charge in [0.1, 0.15) is 17.7 Å². The molecule has 0 saturated carbocycles. The third kappa shape index (κ3) is 2.72. The molecule has 26 heavy (non-hydrogen) atoms. The van der Waals surface area contributed by atoms with E-state index in [2.05, 4.69) is 0 Å². The smallest absolute Gasteiger partial charge is 0.407 e. The predicted octanol–water partition coefficient (Wildman–Crippen LogP) is 5.22. The average molecular weight is 374 g/mol. The van der Waals surface area contributed by atoms with Gasteiger partial charge in [-0.3, -0.25) is 0 Å². The Balaban J connectivity index is 1.76. The fourth-order valence-corrected chi connectivity index (χ4v) is 3.86. The molecular formula is C20H17ClFNO3. The first-order valence-electron chi connectivity index (χ1n) is 8.41. The maximum atomic E-state index is 14.3. The highest BCUT2D eigenvalue weighted by Crippen LogP contribution is 2.43. The minimum absolute atomic E-state index is 0.326. The summed E-state index contributed by atoms with van der Waals surface area (Å²) in [5.41, 5.74) is 3.19. The number of hydrogen-bond donors (Lipinski definition) is 1. The van der Waals surface area contributed by atoms with Crippen molar-refractivity contribution in [3.8, 4) is 5.75 Å². The van der Waals surface area contributed by atoms with Crippen LogP contribution in [-0.2, 0) is 6.42 Å². The molecule has 0 aliphatic carbocycles. The summed E-state index contributed by atoms with van der Waals surface area (Å²) < 4.78 is 20.5. The van der Waals surface area contributed by atoms with Gasteiger partial charge < -0.3 is 14.7 Å². The second kappa shape index (κ2) is 6.32. The summed E-state index contributed by atoms with van der Waals surface area (Å²) in [5, 5.41) is 9.77. The van der Waals surface area contributed by atoms with Gasteiger partial charge in [-0.1, -0.05) is 35.9 Å². The van der Waals surface area contributed by atoms with E-state index in [0.29, 0.717) is 29.3 Å². The molecule has 2 heterocycles. The van der Waals surface area contributed by atoms with Gasteiger partial charge in [-0.2, -0.15) is 0 Å². The molecule has 2 aliphatic heterocycles. The van der Waals surface area contributed by atoms with E-state index in [9.17, 15) is 14.3 Å². The van der Waals surface area contributed by atoms with Gasteiger partial charge in [-0.15, -0.1) is 0 Å². The van der Waals surface area contributed by atoms with E-state index in [1.54, 1.807) is 18.2 Å². The van der Waals surface area contributed by atoms with Crippen molar-refractivity contribution in [3.05, 3.63) is 69.5 Å². The number of carboxylic acid groups (broad SMARTS) is 1. The highest BCUT2D eigenvalue weighted by molar-refractivity contribution is 6.30. The largest absolute Gasteiger partial charge is 0.480 e. The first kappa shape index (κ1) is 16.9. The van der Waals surface area contributed by atoms with Gasteiger partial charge in [0.2, 0.25) is 0 Å². The van der Waals surface area contributed by atoms with Crippen LogP contribution >= 0.6 is 11.6 Å². The summed E-state index contributed by atoms with van der Waals surface area (Å²) in [6, 6.07) is 8.15. The molecule has 0 spiro atoms. The van der Waals surface area contributed by atoms with Crippen LogP contribution in [0, 0.1) is 5.82 Å². The number of rotatable bonds is 1. The molecule has 2 aromatic rings. The number of hydrogen-bond acceptors (Lipinski definition) is 2. The summed E-state index contributed by atoms with van der Waals surface area (Å²) >= 11 is 5.84. The number of carbonyl (C=O) groups is 1. The molecule has 0 aromatic heterocycles. The molecular weight excluding hydrogens is 357 g/mol. The van der Waals surface area contributed by atoms with Crippen LogP contribution in [-0.4, -0.2) is 22.6 Å². The molecule has 0 fully saturated rings. The van der Waals surface area contributed by atoms with E-state index in [-0.39, 0.29) is 6.04 Å². The monoisotopic (exact) mass is 373 g/mol. The Kier molecular flexibility index (Phi) is 4.11. The Bertz CT molecular complexity index is 928. The van der Waals surface area contributed by atoms with Gasteiger partial charge in [0, 0.05) is 28.3 Å². The van der Waals surface area contributed by atoms with Gasteiger partial charge in [0.15, 0.2) is 0 Å². The summed E-state index contributed by atoms with van der Waals surface area (Å²) in [7, 11) is 0. The SMILES string of the molecule is CC1c2c(ccc3c2OC(c2ccc(Cl)cc2F)C=C3)CCN1C(=O)O. The molecule has 0 radical (unpaired) electrons. The van der Waals surface area contributed by atoms with Crippen LogP contribution in [0.15, 0.2) is 36.4 Å². The molecule has 0 saturated heterocycles. The number of ether oxygens (including phenoxy) is 1. The van der Waals surface area contributed by atoms with Gasteiger partial charge in [0.25, 0.3) is 0 Å². The predicted molar refractivity (Wildman–Crippen MR) is 97.1 cm³/mol. The summed E-state index contributed by atoms with van der Waals surface area (Å²) in [6.45, 7) is 2.30.